The standard InChI is InChI=1S/C25H33N3O3S/c1-20-10-15-27(16-11-20)14-5-13-26-25(29)22-8-4-9-24(18-22)32(30,31)28-17-12-21-6-2-3-7-23(21)19-28/h2-4,6-9,18,20H,5,10-17,19H2,1H3,(H,26,29). The van der Waals surface area contributed by atoms with E-state index in [9.17, 15) is 13.2 Å². The van der Waals surface area contributed by atoms with Crippen molar-refractivity contribution in [1.29, 1.82) is 0 Å². The topological polar surface area (TPSA) is 69.7 Å². The van der Waals surface area contributed by atoms with Gasteiger partial charge in [-0.3, -0.25) is 4.79 Å². The third-order valence-electron chi connectivity index (χ3n) is 6.64. The van der Waals surface area contributed by atoms with Gasteiger partial charge in [0, 0.05) is 25.2 Å². The second-order valence-corrected chi connectivity index (χ2v) is 11.0. The van der Waals surface area contributed by atoms with E-state index in [0.29, 0.717) is 31.6 Å². The van der Waals surface area contributed by atoms with E-state index in [1.54, 1.807) is 18.2 Å². The normalized spacial score (nSPS) is 18.3. The fraction of sp³-hybridized carbons (Fsp3) is 0.480. The molecule has 4 rings (SSSR count). The molecule has 0 aromatic heterocycles. The summed E-state index contributed by atoms with van der Waals surface area (Å²) in [7, 11) is -3.66. The van der Waals surface area contributed by atoms with Crippen LogP contribution in [0.2, 0.25) is 0 Å². The Morgan fingerprint density at radius 2 is 1.78 bits per heavy atom. The quantitative estimate of drug-likeness (QED) is 0.651. The van der Waals surface area contributed by atoms with Gasteiger partial charge in [-0.25, -0.2) is 8.42 Å². The van der Waals surface area contributed by atoms with E-state index < -0.39 is 10.0 Å². The largest absolute Gasteiger partial charge is 0.352 e. The molecule has 2 aliphatic rings. The summed E-state index contributed by atoms with van der Waals surface area (Å²) >= 11 is 0. The first kappa shape index (κ1) is 23.0. The molecule has 172 valence electrons. The van der Waals surface area contributed by atoms with Crippen LogP contribution in [0.4, 0.5) is 0 Å². The van der Waals surface area contributed by atoms with Gasteiger partial charge in [-0.2, -0.15) is 4.31 Å². The molecule has 0 radical (unpaired) electrons. The lowest BCUT2D eigenvalue weighted by molar-refractivity contribution is 0.0950. The summed E-state index contributed by atoms with van der Waals surface area (Å²) < 4.78 is 27.9. The monoisotopic (exact) mass is 455 g/mol. The Balaban J connectivity index is 1.34. The molecule has 0 bridgehead atoms. The lowest BCUT2D eigenvalue weighted by Crippen LogP contribution is -2.36. The third-order valence-corrected chi connectivity index (χ3v) is 8.48. The molecule has 0 aliphatic carbocycles. The van der Waals surface area contributed by atoms with E-state index in [0.717, 1.165) is 37.5 Å². The van der Waals surface area contributed by atoms with Crippen LogP contribution in [-0.4, -0.2) is 56.3 Å². The molecule has 2 aromatic carbocycles. The van der Waals surface area contributed by atoms with Gasteiger partial charge in [0.1, 0.15) is 0 Å². The second-order valence-electron chi connectivity index (χ2n) is 9.02. The Morgan fingerprint density at radius 1 is 1.03 bits per heavy atom. The van der Waals surface area contributed by atoms with Crippen LogP contribution in [-0.2, 0) is 23.0 Å². The molecule has 1 N–H and O–H groups in total. The lowest BCUT2D eigenvalue weighted by Gasteiger charge is -2.30. The molecule has 1 fully saturated rings. The number of amides is 1. The van der Waals surface area contributed by atoms with Crippen molar-refractivity contribution in [2.75, 3.05) is 32.7 Å². The molecule has 2 aliphatic heterocycles. The molecule has 6 nitrogen and oxygen atoms in total. The van der Waals surface area contributed by atoms with Crippen LogP contribution in [0, 0.1) is 5.92 Å². The zero-order valence-electron chi connectivity index (χ0n) is 18.8. The maximum absolute atomic E-state index is 13.2. The first-order valence-electron chi connectivity index (χ1n) is 11.6. The second kappa shape index (κ2) is 10.1. The van der Waals surface area contributed by atoms with Crippen LogP contribution in [0.25, 0.3) is 0 Å². The van der Waals surface area contributed by atoms with E-state index in [-0.39, 0.29) is 10.8 Å². The molecule has 1 amide bonds. The zero-order valence-corrected chi connectivity index (χ0v) is 19.6. The number of hydrogen-bond donors (Lipinski definition) is 1. The molecular weight excluding hydrogens is 422 g/mol. The van der Waals surface area contributed by atoms with Crippen molar-refractivity contribution in [3.63, 3.8) is 0 Å². The van der Waals surface area contributed by atoms with Crippen molar-refractivity contribution >= 4 is 15.9 Å². The van der Waals surface area contributed by atoms with Crippen LogP contribution < -0.4 is 5.32 Å². The number of sulfonamides is 1. The predicted molar refractivity (Wildman–Crippen MR) is 126 cm³/mol. The van der Waals surface area contributed by atoms with Gasteiger partial charge in [0.15, 0.2) is 0 Å². The van der Waals surface area contributed by atoms with Gasteiger partial charge in [0.2, 0.25) is 10.0 Å². The minimum Gasteiger partial charge on any atom is -0.352 e. The molecule has 7 heteroatoms. The average Bonchev–Trinajstić information content (AvgIpc) is 2.82. The molecule has 0 spiro atoms. The Labute approximate surface area is 191 Å². The van der Waals surface area contributed by atoms with E-state index >= 15 is 0 Å². The van der Waals surface area contributed by atoms with Crippen molar-refractivity contribution in [3.05, 3.63) is 65.2 Å². The van der Waals surface area contributed by atoms with Crippen LogP contribution in [0.3, 0.4) is 0 Å². The highest BCUT2D eigenvalue weighted by molar-refractivity contribution is 7.89. The number of piperidine rings is 1. The Morgan fingerprint density at radius 3 is 2.56 bits per heavy atom. The fourth-order valence-corrected chi connectivity index (χ4v) is 5.98. The van der Waals surface area contributed by atoms with Gasteiger partial charge in [0.25, 0.3) is 5.91 Å². The summed E-state index contributed by atoms with van der Waals surface area (Å²) in [5.74, 6) is 0.590. The highest BCUT2D eigenvalue weighted by Crippen LogP contribution is 2.25. The van der Waals surface area contributed by atoms with E-state index in [1.807, 2.05) is 18.2 Å². The zero-order chi connectivity index (χ0) is 22.6. The number of likely N-dealkylation sites (tertiary alicyclic amines) is 1. The van der Waals surface area contributed by atoms with Crippen LogP contribution in [0.15, 0.2) is 53.4 Å². The number of nitrogens with zero attached hydrogens (tertiary/aromatic N) is 2. The van der Waals surface area contributed by atoms with Crippen LogP contribution >= 0.6 is 0 Å². The number of hydrogen-bond acceptors (Lipinski definition) is 4. The Hall–Kier alpha value is -2.22. The third kappa shape index (κ3) is 5.39. The average molecular weight is 456 g/mol. The molecule has 0 saturated carbocycles. The van der Waals surface area contributed by atoms with Gasteiger partial charge < -0.3 is 10.2 Å². The molecule has 0 atom stereocenters. The summed E-state index contributed by atoms with van der Waals surface area (Å²) in [6.45, 7) is 6.96. The maximum atomic E-state index is 13.2. The van der Waals surface area contributed by atoms with E-state index in [4.69, 9.17) is 0 Å². The first-order chi connectivity index (χ1) is 15.4. The number of nitrogens with one attached hydrogen (secondary N) is 1. The summed E-state index contributed by atoms with van der Waals surface area (Å²) in [6.07, 6.45) is 4.09. The number of rotatable bonds is 7. The van der Waals surface area contributed by atoms with E-state index in [2.05, 4.69) is 23.2 Å². The Kier molecular flexibility index (Phi) is 7.28. The fourth-order valence-electron chi connectivity index (χ4n) is 4.51. The van der Waals surface area contributed by atoms with Crippen LogP contribution in [0.5, 0.6) is 0 Å². The lowest BCUT2D eigenvalue weighted by atomic mass is 9.99. The van der Waals surface area contributed by atoms with Crippen molar-refractivity contribution in [2.45, 2.75) is 44.0 Å². The Bertz CT molecular complexity index is 1050. The van der Waals surface area contributed by atoms with Gasteiger partial charge in [-0.15, -0.1) is 0 Å². The molecule has 2 aromatic rings. The van der Waals surface area contributed by atoms with Gasteiger partial charge in [-0.1, -0.05) is 37.3 Å². The summed E-state index contributed by atoms with van der Waals surface area (Å²) in [5, 5.41) is 2.94. The summed E-state index contributed by atoms with van der Waals surface area (Å²) in [6, 6.07) is 14.3. The van der Waals surface area contributed by atoms with Gasteiger partial charge in [0.05, 0.1) is 4.90 Å². The van der Waals surface area contributed by atoms with Crippen molar-refractivity contribution in [3.8, 4) is 0 Å². The molecule has 2 heterocycles. The smallest absolute Gasteiger partial charge is 0.251 e. The van der Waals surface area contributed by atoms with Crippen molar-refractivity contribution < 1.29 is 13.2 Å². The molecule has 0 unspecified atom stereocenters. The number of fused-ring (bicyclic) bond motifs is 1. The number of benzene rings is 2. The highest BCUT2D eigenvalue weighted by Gasteiger charge is 2.28. The van der Waals surface area contributed by atoms with Crippen molar-refractivity contribution in [2.24, 2.45) is 5.92 Å². The maximum Gasteiger partial charge on any atom is 0.251 e. The highest BCUT2D eigenvalue weighted by atomic mass is 32.2. The summed E-state index contributed by atoms with van der Waals surface area (Å²) in [4.78, 5) is 15.3. The molecular formula is C25H33N3O3S. The SMILES string of the molecule is CC1CCN(CCCNC(=O)c2cccc(S(=O)(=O)N3CCc4ccccc4C3)c2)CC1. The minimum atomic E-state index is -3.66. The predicted octanol–water partition coefficient (Wildman–Crippen LogP) is 3.29. The molecule has 32 heavy (non-hydrogen) atoms. The van der Waals surface area contributed by atoms with Gasteiger partial charge in [-0.05, 0) is 80.6 Å². The van der Waals surface area contributed by atoms with Crippen LogP contribution in [0.1, 0.15) is 47.7 Å². The minimum absolute atomic E-state index is 0.173. The van der Waals surface area contributed by atoms with Crippen molar-refractivity contribution in [1.82, 2.24) is 14.5 Å². The first-order valence-corrected chi connectivity index (χ1v) is 13.0. The van der Waals surface area contributed by atoms with Gasteiger partial charge >= 0.3 is 0 Å². The molecule has 1 saturated heterocycles. The number of carbonyl (C=O) groups is 1. The number of carbonyl (C=O) groups excluding carboxylic acids is 1. The van der Waals surface area contributed by atoms with E-state index in [1.165, 1.54) is 28.8 Å². The summed E-state index contributed by atoms with van der Waals surface area (Å²) in [5.41, 5.74) is 2.63.